The molecule has 30 heavy (non-hydrogen) atoms. The van der Waals surface area contributed by atoms with Gasteiger partial charge in [-0.3, -0.25) is 9.67 Å². The summed E-state index contributed by atoms with van der Waals surface area (Å²) >= 11 is 6.13. The fourth-order valence-corrected chi connectivity index (χ4v) is 3.47. The minimum Gasteiger partial charge on any atom is -0.497 e. The molecular formula is C22H22ClN5O2. The maximum Gasteiger partial charge on any atom is 0.124 e. The van der Waals surface area contributed by atoms with Crippen molar-refractivity contribution in [1.82, 2.24) is 19.7 Å². The molecule has 0 aliphatic rings. The van der Waals surface area contributed by atoms with E-state index in [4.69, 9.17) is 26.1 Å². The Hall–Kier alpha value is -3.32. The lowest BCUT2D eigenvalue weighted by molar-refractivity contribution is 0.394. The molecule has 0 spiro atoms. The molecule has 154 valence electrons. The Labute approximate surface area is 179 Å². The van der Waals surface area contributed by atoms with E-state index in [-0.39, 0.29) is 0 Å². The Bertz CT molecular complexity index is 1160. The first kappa shape index (κ1) is 20.0. The van der Waals surface area contributed by atoms with Gasteiger partial charge >= 0.3 is 0 Å². The second-order valence-corrected chi connectivity index (χ2v) is 7.12. The Balaban J connectivity index is 1.78. The van der Waals surface area contributed by atoms with E-state index in [9.17, 15) is 0 Å². The molecule has 0 amide bonds. The van der Waals surface area contributed by atoms with Crippen molar-refractivity contribution in [1.29, 1.82) is 0 Å². The number of rotatable bonds is 7. The van der Waals surface area contributed by atoms with Gasteiger partial charge in [-0.1, -0.05) is 0 Å². The third-order valence-corrected chi connectivity index (χ3v) is 4.96. The average Bonchev–Trinajstić information content (AvgIpc) is 3.22. The van der Waals surface area contributed by atoms with E-state index in [0.29, 0.717) is 23.9 Å². The molecule has 0 atom stereocenters. The van der Waals surface area contributed by atoms with Gasteiger partial charge in [-0.25, -0.2) is 4.98 Å². The molecular weight excluding hydrogens is 402 g/mol. The molecule has 0 aliphatic carbocycles. The second kappa shape index (κ2) is 8.59. The molecule has 0 aliphatic heterocycles. The van der Waals surface area contributed by atoms with E-state index in [2.05, 4.69) is 15.0 Å². The number of hydrogen-bond donors (Lipinski definition) is 0. The van der Waals surface area contributed by atoms with Crippen molar-refractivity contribution in [3.63, 3.8) is 0 Å². The lowest BCUT2D eigenvalue weighted by Gasteiger charge is -2.25. The third-order valence-electron chi connectivity index (χ3n) is 4.79. The molecule has 2 aromatic carbocycles. The number of benzene rings is 2. The Kier molecular flexibility index (Phi) is 5.72. The summed E-state index contributed by atoms with van der Waals surface area (Å²) in [5, 5.41) is 4.22. The van der Waals surface area contributed by atoms with Gasteiger partial charge in [0.1, 0.15) is 11.5 Å². The van der Waals surface area contributed by atoms with Gasteiger partial charge in [0.2, 0.25) is 0 Å². The summed E-state index contributed by atoms with van der Waals surface area (Å²) in [6, 6.07) is 11.7. The fraction of sp³-hybridized carbons (Fsp3) is 0.227. The van der Waals surface area contributed by atoms with E-state index in [1.165, 1.54) is 0 Å². The van der Waals surface area contributed by atoms with Crippen LogP contribution in [0.25, 0.3) is 22.3 Å². The maximum absolute atomic E-state index is 6.13. The number of ether oxygens (including phenoxy) is 2. The van der Waals surface area contributed by atoms with Crippen LogP contribution in [0.3, 0.4) is 0 Å². The number of alkyl halides is 1. The molecule has 4 aromatic rings. The molecule has 4 rings (SSSR count). The first-order chi connectivity index (χ1) is 14.6. The van der Waals surface area contributed by atoms with Crippen LogP contribution in [0.4, 0.5) is 11.4 Å². The van der Waals surface area contributed by atoms with E-state index in [1.54, 1.807) is 31.3 Å². The summed E-state index contributed by atoms with van der Waals surface area (Å²) in [5.74, 6) is 1.88. The smallest absolute Gasteiger partial charge is 0.124 e. The highest BCUT2D eigenvalue weighted by molar-refractivity contribution is 6.18. The van der Waals surface area contributed by atoms with Gasteiger partial charge in [-0.15, -0.1) is 11.6 Å². The molecule has 2 aromatic heterocycles. The number of halogens is 1. The van der Waals surface area contributed by atoms with Crippen LogP contribution in [-0.4, -0.2) is 46.4 Å². The number of aromatic nitrogens is 4. The number of fused-ring (bicyclic) bond motifs is 1. The van der Waals surface area contributed by atoms with Crippen molar-refractivity contribution in [2.75, 3.05) is 31.5 Å². The summed E-state index contributed by atoms with van der Waals surface area (Å²) in [6.07, 6.45) is 5.46. The molecule has 2 heterocycles. The molecule has 0 saturated heterocycles. The van der Waals surface area contributed by atoms with Crippen LogP contribution in [0.2, 0.25) is 0 Å². The van der Waals surface area contributed by atoms with Crippen LogP contribution in [0, 0.1) is 0 Å². The first-order valence-corrected chi connectivity index (χ1v) is 9.97. The number of methoxy groups -OCH3 is 2. The lowest BCUT2D eigenvalue weighted by atomic mass is 10.2. The largest absolute Gasteiger partial charge is 0.497 e. The van der Waals surface area contributed by atoms with Crippen LogP contribution in [0.5, 0.6) is 11.5 Å². The van der Waals surface area contributed by atoms with E-state index in [1.807, 2.05) is 49.6 Å². The lowest BCUT2D eigenvalue weighted by Crippen LogP contribution is -2.19. The Morgan fingerprint density at radius 2 is 1.73 bits per heavy atom. The fourth-order valence-electron chi connectivity index (χ4n) is 3.30. The van der Waals surface area contributed by atoms with Gasteiger partial charge in [0.25, 0.3) is 0 Å². The van der Waals surface area contributed by atoms with Gasteiger partial charge in [0.15, 0.2) is 0 Å². The number of anilines is 2. The van der Waals surface area contributed by atoms with Gasteiger partial charge in [-0.05, 0) is 18.2 Å². The summed E-state index contributed by atoms with van der Waals surface area (Å²) in [5.41, 5.74) is 5.19. The van der Waals surface area contributed by atoms with Crippen LogP contribution in [0.15, 0.2) is 55.0 Å². The van der Waals surface area contributed by atoms with Gasteiger partial charge in [0, 0.05) is 60.8 Å². The highest BCUT2D eigenvalue weighted by Crippen LogP contribution is 2.34. The van der Waals surface area contributed by atoms with Crippen molar-refractivity contribution in [3.05, 3.63) is 55.0 Å². The standard InChI is InChI=1S/C22H22ClN5O2/c1-27-14-15(12-25-27)22-13-24-20-5-4-16(10-21(20)26-22)28(7-6-23)17-8-18(29-2)11-19(9-17)30-3/h4-5,8-14H,6-7H2,1-3H3. The van der Waals surface area contributed by atoms with Crippen LogP contribution in [-0.2, 0) is 7.05 Å². The van der Waals surface area contributed by atoms with Crippen molar-refractivity contribution in [2.45, 2.75) is 0 Å². The Morgan fingerprint density at radius 1 is 0.967 bits per heavy atom. The van der Waals surface area contributed by atoms with Crippen LogP contribution >= 0.6 is 11.6 Å². The van der Waals surface area contributed by atoms with Crippen LogP contribution in [0.1, 0.15) is 0 Å². The Morgan fingerprint density at radius 3 is 2.37 bits per heavy atom. The molecule has 0 unspecified atom stereocenters. The monoisotopic (exact) mass is 423 g/mol. The zero-order chi connectivity index (χ0) is 21.1. The second-order valence-electron chi connectivity index (χ2n) is 6.74. The van der Waals surface area contributed by atoms with Gasteiger partial charge < -0.3 is 14.4 Å². The van der Waals surface area contributed by atoms with Crippen molar-refractivity contribution < 1.29 is 9.47 Å². The predicted octanol–water partition coefficient (Wildman–Crippen LogP) is 4.42. The van der Waals surface area contributed by atoms with Crippen LogP contribution < -0.4 is 14.4 Å². The molecule has 0 N–H and O–H groups in total. The SMILES string of the molecule is COc1cc(OC)cc(N(CCCl)c2ccc3ncc(-c4cnn(C)c4)nc3c2)c1. The minimum atomic E-state index is 0.457. The van der Waals surface area contributed by atoms with Crippen molar-refractivity contribution >= 4 is 34.0 Å². The summed E-state index contributed by atoms with van der Waals surface area (Å²) in [6.45, 7) is 0.610. The van der Waals surface area contributed by atoms with E-state index < -0.39 is 0 Å². The van der Waals surface area contributed by atoms with Crippen molar-refractivity contribution in [3.8, 4) is 22.8 Å². The van der Waals surface area contributed by atoms with E-state index in [0.717, 1.165) is 33.7 Å². The maximum atomic E-state index is 6.13. The zero-order valence-corrected chi connectivity index (χ0v) is 17.8. The van der Waals surface area contributed by atoms with Crippen molar-refractivity contribution in [2.24, 2.45) is 7.05 Å². The summed E-state index contributed by atoms with van der Waals surface area (Å²) in [4.78, 5) is 11.5. The summed E-state index contributed by atoms with van der Waals surface area (Å²) in [7, 11) is 5.15. The number of nitrogens with zero attached hydrogens (tertiary/aromatic N) is 5. The van der Waals surface area contributed by atoms with Gasteiger partial charge in [-0.2, -0.15) is 5.10 Å². The molecule has 0 bridgehead atoms. The predicted molar refractivity (Wildman–Crippen MR) is 119 cm³/mol. The first-order valence-electron chi connectivity index (χ1n) is 9.43. The minimum absolute atomic E-state index is 0.457. The highest BCUT2D eigenvalue weighted by Gasteiger charge is 2.14. The third kappa shape index (κ3) is 4.02. The number of aryl methyl sites for hydroxylation is 1. The molecule has 0 saturated carbocycles. The highest BCUT2D eigenvalue weighted by atomic mass is 35.5. The van der Waals surface area contributed by atoms with Gasteiger partial charge in [0.05, 0.1) is 43.3 Å². The average molecular weight is 424 g/mol. The topological polar surface area (TPSA) is 65.3 Å². The molecule has 7 nitrogen and oxygen atoms in total. The quantitative estimate of drug-likeness (QED) is 0.410. The molecule has 8 heteroatoms. The molecule has 0 fully saturated rings. The van der Waals surface area contributed by atoms with E-state index >= 15 is 0 Å². The normalized spacial score (nSPS) is 10.9. The zero-order valence-electron chi connectivity index (χ0n) is 17.0. The molecule has 0 radical (unpaired) electrons. The number of hydrogen-bond acceptors (Lipinski definition) is 6. The summed E-state index contributed by atoms with van der Waals surface area (Å²) < 4.78 is 12.6.